The summed E-state index contributed by atoms with van der Waals surface area (Å²) >= 11 is 8.08. The second-order valence-electron chi connectivity index (χ2n) is 3.17. The monoisotopic (exact) mass is 241 g/mol. The highest BCUT2D eigenvalue weighted by atomic mass is 33.1. The molecule has 0 aromatic heterocycles. The number of nitrogens with zero attached hydrogens (tertiary/aromatic N) is 1. The van der Waals surface area contributed by atoms with Gasteiger partial charge < -0.3 is 0 Å². The maximum atomic E-state index is 11.6. The molecule has 0 unspecified atom stereocenters. The molecule has 5 heteroatoms. The van der Waals surface area contributed by atoms with Crippen LogP contribution in [0.3, 0.4) is 0 Å². The Morgan fingerprint density at radius 1 is 1.08 bits per heavy atom. The van der Waals surface area contributed by atoms with Crippen molar-refractivity contribution in [2.45, 2.75) is 39.5 Å². The Balaban J connectivity index is 3.96. The van der Waals surface area contributed by atoms with Crippen molar-refractivity contribution in [3.63, 3.8) is 0 Å². The minimum Gasteiger partial charge on any atom is -0.283 e. The lowest BCUT2D eigenvalue weighted by Crippen LogP contribution is -2.19. The van der Waals surface area contributed by atoms with Gasteiger partial charge in [-0.2, -0.15) is 0 Å². The van der Waals surface area contributed by atoms with E-state index in [1.165, 1.54) is 0 Å². The van der Waals surface area contributed by atoms with Gasteiger partial charge in [-0.15, -0.1) is 0 Å². The number of rotatable bonds is 7. The minimum absolute atomic E-state index is 0.848. The van der Waals surface area contributed by atoms with Gasteiger partial charge in [-0.1, -0.05) is 51.2 Å². The van der Waals surface area contributed by atoms with Gasteiger partial charge in [0.1, 0.15) is 0 Å². The molecule has 0 saturated carbocycles. The molecule has 0 aromatic carbocycles. The van der Waals surface area contributed by atoms with Gasteiger partial charge in [0, 0.05) is 13.1 Å². The number of hydrogen-bond donors (Lipinski definition) is 2. The van der Waals surface area contributed by atoms with Crippen molar-refractivity contribution >= 4 is 30.2 Å². The first-order valence-corrected chi connectivity index (χ1v) is 8.79. The summed E-state index contributed by atoms with van der Waals surface area (Å²) in [4.78, 5) is 0. The van der Waals surface area contributed by atoms with E-state index in [9.17, 15) is 4.57 Å². The lowest BCUT2D eigenvalue weighted by atomic mass is 10.3. The third-order valence-corrected chi connectivity index (χ3v) is 4.56. The second-order valence-corrected chi connectivity index (χ2v) is 8.97. The first kappa shape index (κ1) is 13.9. The highest BCUT2D eigenvalue weighted by Crippen LogP contribution is 2.58. The Morgan fingerprint density at radius 3 is 1.69 bits per heavy atom. The first-order chi connectivity index (χ1) is 6.02. The van der Waals surface area contributed by atoms with Crippen LogP contribution in [0.1, 0.15) is 39.5 Å². The molecular formula is C8H20NOPS2. The van der Waals surface area contributed by atoms with Crippen molar-refractivity contribution in [3.8, 4) is 0 Å². The van der Waals surface area contributed by atoms with Crippen LogP contribution in [0.25, 0.3) is 0 Å². The Kier molecular flexibility index (Phi) is 7.71. The summed E-state index contributed by atoms with van der Waals surface area (Å²) < 4.78 is 13.5. The van der Waals surface area contributed by atoms with Crippen LogP contribution >= 0.6 is 30.2 Å². The van der Waals surface area contributed by atoms with E-state index in [1.807, 2.05) is 4.67 Å². The molecule has 0 amide bonds. The largest absolute Gasteiger partial charge is 0.283 e. The molecule has 13 heavy (non-hydrogen) atoms. The Hall–Kier alpha value is 0.890. The van der Waals surface area contributed by atoms with E-state index >= 15 is 0 Å². The van der Waals surface area contributed by atoms with Crippen LogP contribution in [0.5, 0.6) is 0 Å². The fourth-order valence-electron chi connectivity index (χ4n) is 1.05. The number of hydrogen-bond acceptors (Lipinski definition) is 1. The normalized spacial score (nSPS) is 12.4. The van der Waals surface area contributed by atoms with E-state index in [0.717, 1.165) is 38.8 Å². The smallest absolute Gasteiger partial charge is 0.251 e. The predicted molar refractivity (Wildman–Crippen MR) is 67.0 cm³/mol. The molecule has 0 saturated heterocycles. The van der Waals surface area contributed by atoms with Crippen molar-refractivity contribution in [3.05, 3.63) is 0 Å². The molecule has 2 nitrogen and oxygen atoms in total. The van der Waals surface area contributed by atoms with Gasteiger partial charge in [0.2, 0.25) is 0 Å². The van der Waals surface area contributed by atoms with Crippen LogP contribution in [0.2, 0.25) is 0 Å². The summed E-state index contributed by atoms with van der Waals surface area (Å²) in [6, 6.07) is 0. The van der Waals surface area contributed by atoms with E-state index in [1.54, 1.807) is 0 Å². The molecule has 0 rings (SSSR count). The average molecular weight is 241 g/mol. The summed E-state index contributed by atoms with van der Waals surface area (Å²) in [5.74, 6) is 0. The molecule has 0 radical (unpaired) electrons. The van der Waals surface area contributed by atoms with Crippen LogP contribution in [0.15, 0.2) is 0 Å². The Labute approximate surface area is 92.2 Å². The Bertz CT molecular complexity index is 164. The van der Waals surface area contributed by atoms with Gasteiger partial charge in [-0.3, -0.25) is 4.57 Å². The Morgan fingerprint density at radius 2 is 1.46 bits per heavy atom. The summed E-state index contributed by atoms with van der Waals surface area (Å²) in [6.45, 7) is 5.95. The molecule has 0 aromatic rings. The molecule has 0 spiro atoms. The van der Waals surface area contributed by atoms with E-state index in [2.05, 4.69) is 38.3 Å². The maximum absolute atomic E-state index is 11.6. The number of unbranched alkanes of at least 4 members (excludes halogenated alkanes) is 2. The van der Waals surface area contributed by atoms with Crippen LogP contribution in [-0.2, 0) is 4.57 Å². The topological polar surface area (TPSA) is 20.3 Å². The first-order valence-electron chi connectivity index (χ1n) is 4.83. The summed E-state index contributed by atoms with van der Waals surface area (Å²) in [5.41, 5.74) is -2.61. The van der Waals surface area contributed by atoms with Gasteiger partial charge in [0.05, 0.1) is 0 Å². The molecule has 0 bridgehead atoms. The zero-order valence-corrected chi connectivity index (χ0v) is 11.1. The molecule has 0 N–H and O–H groups in total. The standard InChI is InChI=1S/C8H20NOPS2/c1-3-5-7-9(8-6-4-2)11(10,12)13/h3-8H2,1-2H3,(H2,10,12,13). The maximum Gasteiger partial charge on any atom is 0.251 e. The van der Waals surface area contributed by atoms with Gasteiger partial charge in [-0.05, 0) is 12.8 Å². The van der Waals surface area contributed by atoms with Crippen molar-refractivity contribution in [2.24, 2.45) is 0 Å². The molecule has 0 atom stereocenters. The van der Waals surface area contributed by atoms with Gasteiger partial charge in [-0.25, -0.2) is 4.67 Å². The highest BCUT2D eigenvalue weighted by molar-refractivity contribution is 8.80. The highest BCUT2D eigenvalue weighted by Gasteiger charge is 2.20. The lowest BCUT2D eigenvalue weighted by molar-refractivity contribution is 0.412. The zero-order valence-electron chi connectivity index (χ0n) is 8.44. The van der Waals surface area contributed by atoms with Crippen LogP contribution < -0.4 is 0 Å². The molecular weight excluding hydrogens is 221 g/mol. The van der Waals surface area contributed by atoms with Gasteiger partial charge in [0.25, 0.3) is 5.70 Å². The van der Waals surface area contributed by atoms with Crippen molar-refractivity contribution in [2.75, 3.05) is 13.1 Å². The van der Waals surface area contributed by atoms with Crippen molar-refractivity contribution < 1.29 is 4.57 Å². The van der Waals surface area contributed by atoms with E-state index in [4.69, 9.17) is 0 Å². The lowest BCUT2D eigenvalue weighted by Gasteiger charge is -2.24. The minimum atomic E-state index is -2.61. The summed E-state index contributed by atoms with van der Waals surface area (Å²) in [7, 11) is 0. The van der Waals surface area contributed by atoms with Crippen LogP contribution in [-0.4, -0.2) is 17.8 Å². The third kappa shape index (κ3) is 6.89. The summed E-state index contributed by atoms with van der Waals surface area (Å²) in [6.07, 6.45) is 4.36. The molecule has 80 valence electrons. The van der Waals surface area contributed by atoms with E-state index in [-0.39, 0.29) is 0 Å². The second kappa shape index (κ2) is 7.22. The third-order valence-electron chi connectivity index (χ3n) is 1.91. The van der Waals surface area contributed by atoms with Crippen molar-refractivity contribution in [1.82, 2.24) is 4.67 Å². The van der Waals surface area contributed by atoms with Gasteiger partial charge >= 0.3 is 0 Å². The number of thiol groups is 2. The van der Waals surface area contributed by atoms with Crippen LogP contribution in [0.4, 0.5) is 0 Å². The quantitative estimate of drug-likeness (QED) is 0.521. The fourth-order valence-corrected chi connectivity index (χ4v) is 2.93. The average Bonchev–Trinajstić information content (AvgIpc) is 2.02. The molecule has 0 heterocycles. The van der Waals surface area contributed by atoms with E-state index < -0.39 is 5.70 Å². The van der Waals surface area contributed by atoms with Crippen molar-refractivity contribution in [1.29, 1.82) is 0 Å². The fraction of sp³-hybridized carbons (Fsp3) is 1.00. The molecule has 0 aliphatic rings. The van der Waals surface area contributed by atoms with Crippen LogP contribution in [0, 0.1) is 0 Å². The predicted octanol–water partition coefficient (Wildman–Crippen LogP) is 3.86. The van der Waals surface area contributed by atoms with Gasteiger partial charge in [0.15, 0.2) is 0 Å². The SMILES string of the molecule is CCCCN(CCCC)P(=O)(S)S. The summed E-state index contributed by atoms with van der Waals surface area (Å²) in [5, 5.41) is 0. The molecule has 0 aliphatic carbocycles. The van der Waals surface area contributed by atoms with E-state index in [0.29, 0.717) is 0 Å². The zero-order chi connectivity index (χ0) is 10.3. The molecule has 0 fully saturated rings. The molecule has 0 aliphatic heterocycles.